The van der Waals surface area contributed by atoms with E-state index in [1.807, 2.05) is 52.5 Å². The number of hydrogen-bond acceptors (Lipinski definition) is 6. The highest BCUT2D eigenvalue weighted by Gasteiger charge is 2.08. The van der Waals surface area contributed by atoms with Crippen molar-refractivity contribution in [1.82, 2.24) is 14.9 Å². The number of nitrogens with zero attached hydrogens (tertiary/aromatic N) is 4. The van der Waals surface area contributed by atoms with Crippen molar-refractivity contribution in [2.75, 3.05) is 56.8 Å². The Labute approximate surface area is 167 Å². The molecule has 2 N–H and O–H groups in total. The molecule has 0 aliphatic rings. The highest BCUT2D eigenvalue weighted by atomic mass is 15.2. The molecule has 0 unspecified atom stereocenters. The average molecular weight is 377 g/mol. The summed E-state index contributed by atoms with van der Waals surface area (Å²) >= 11 is 0. The molecule has 6 nitrogen and oxygen atoms in total. The van der Waals surface area contributed by atoms with Crippen molar-refractivity contribution in [2.45, 2.75) is 0 Å². The third-order valence-electron chi connectivity index (χ3n) is 4.29. The molecule has 6 heteroatoms. The Balaban J connectivity index is 1.85. The molecule has 0 saturated heterocycles. The Morgan fingerprint density at radius 1 is 0.857 bits per heavy atom. The summed E-state index contributed by atoms with van der Waals surface area (Å²) in [5.41, 5.74) is 4.09. The summed E-state index contributed by atoms with van der Waals surface area (Å²) in [6.07, 6.45) is 0. The van der Waals surface area contributed by atoms with E-state index in [9.17, 15) is 0 Å². The van der Waals surface area contributed by atoms with Crippen LogP contribution in [0.2, 0.25) is 0 Å². The standard InChI is InChI=1S/C22H28N6/c1-27(2)15-14-23-22-25-20(17-8-6-5-7-9-17)16-21(26-22)24-18-10-12-19(13-11-18)28(3)4/h5-13,16H,14-15H2,1-4H3,(H2,23,24,25,26). The zero-order valence-corrected chi connectivity index (χ0v) is 17.0. The Hall–Kier alpha value is -3.12. The molecule has 0 bridgehead atoms. The van der Waals surface area contributed by atoms with Gasteiger partial charge in [-0.3, -0.25) is 0 Å². The maximum atomic E-state index is 4.69. The van der Waals surface area contributed by atoms with Crippen LogP contribution in [0.15, 0.2) is 60.7 Å². The minimum Gasteiger partial charge on any atom is -0.378 e. The summed E-state index contributed by atoms with van der Waals surface area (Å²) in [6, 6.07) is 20.4. The molecule has 2 aromatic carbocycles. The molecule has 0 amide bonds. The van der Waals surface area contributed by atoms with Crippen molar-refractivity contribution in [3.05, 3.63) is 60.7 Å². The van der Waals surface area contributed by atoms with E-state index in [0.29, 0.717) is 5.95 Å². The Morgan fingerprint density at radius 2 is 1.57 bits per heavy atom. The summed E-state index contributed by atoms with van der Waals surface area (Å²) in [4.78, 5) is 13.5. The van der Waals surface area contributed by atoms with Gasteiger partial charge in [0.25, 0.3) is 0 Å². The molecule has 146 valence electrons. The smallest absolute Gasteiger partial charge is 0.225 e. The van der Waals surface area contributed by atoms with Crippen LogP contribution in [0.3, 0.4) is 0 Å². The number of nitrogens with one attached hydrogen (secondary N) is 2. The molecule has 1 heterocycles. The third-order valence-corrected chi connectivity index (χ3v) is 4.29. The van der Waals surface area contributed by atoms with Gasteiger partial charge in [0.1, 0.15) is 5.82 Å². The Bertz CT molecular complexity index is 875. The quantitative estimate of drug-likeness (QED) is 0.621. The van der Waals surface area contributed by atoms with Gasteiger partial charge in [-0.25, -0.2) is 4.98 Å². The molecule has 0 aliphatic carbocycles. The van der Waals surface area contributed by atoms with Gasteiger partial charge in [-0.05, 0) is 38.4 Å². The number of likely N-dealkylation sites (N-methyl/N-ethyl adjacent to an activating group) is 1. The summed E-state index contributed by atoms with van der Waals surface area (Å²) in [5, 5.41) is 6.73. The number of hydrogen-bond donors (Lipinski definition) is 2. The van der Waals surface area contributed by atoms with Crippen LogP contribution >= 0.6 is 0 Å². The summed E-state index contributed by atoms with van der Waals surface area (Å²) in [6.45, 7) is 1.69. The van der Waals surface area contributed by atoms with Gasteiger partial charge in [0.15, 0.2) is 0 Å². The van der Waals surface area contributed by atoms with Crippen molar-refractivity contribution in [1.29, 1.82) is 0 Å². The second-order valence-electron chi connectivity index (χ2n) is 7.12. The average Bonchev–Trinajstić information content (AvgIpc) is 2.68. The summed E-state index contributed by atoms with van der Waals surface area (Å²) in [7, 11) is 8.16. The van der Waals surface area contributed by atoms with Gasteiger partial charge >= 0.3 is 0 Å². The van der Waals surface area contributed by atoms with Gasteiger partial charge in [0.2, 0.25) is 5.95 Å². The van der Waals surface area contributed by atoms with Crippen LogP contribution in [0, 0.1) is 0 Å². The van der Waals surface area contributed by atoms with Crippen LogP contribution in [0.5, 0.6) is 0 Å². The Morgan fingerprint density at radius 3 is 2.21 bits per heavy atom. The SMILES string of the molecule is CN(C)CCNc1nc(Nc2ccc(N(C)C)cc2)cc(-c2ccccc2)n1. The normalized spacial score (nSPS) is 10.8. The molecule has 3 aromatic rings. The first-order valence-electron chi connectivity index (χ1n) is 9.39. The van der Waals surface area contributed by atoms with Gasteiger partial charge in [-0.1, -0.05) is 30.3 Å². The van der Waals surface area contributed by atoms with Gasteiger partial charge in [-0.15, -0.1) is 0 Å². The van der Waals surface area contributed by atoms with E-state index in [1.54, 1.807) is 0 Å². The fourth-order valence-electron chi connectivity index (χ4n) is 2.73. The zero-order valence-electron chi connectivity index (χ0n) is 17.0. The lowest BCUT2D eigenvalue weighted by Crippen LogP contribution is -2.21. The Kier molecular flexibility index (Phi) is 6.45. The predicted molar refractivity (Wildman–Crippen MR) is 119 cm³/mol. The molecule has 0 fully saturated rings. The van der Waals surface area contributed by atoms with Gasteiger partial charge in [-0.2, -0.15) is 4.98 Å². The molecule has 1 aromatic heterocycles. The van der Waals surface area contributed by atoms with Gasteiger partial charge in [0, 0.05) is 50.2 Å². The number of anilines is 4. The fourth-order valence-corrected chi connectivity index (χ4v) is 2.73. The van der Waals surface area contributed by atoms with E-state index >= 15 is 0 Å². The first-order chi connectivity index (χ1) is 13.5. The molecule has 28 heavy (non-hydrogen) atoms. The van der Waals surface area contributed by atoms with Crippen LogP contribution in [-0.4, -0.2) is 56.1 Å². The van der Waals surface area contributed by atoms with E-state index in [-0.39, 0.29) is 0 Å². The first-order valence-corrected chi connectivity index (χ1v) is 9.39. The second-order valence-corrected chi connectivity index (χ2v) is 7.12. The van der Waals surface area contributed by atoms with E-state index in [0.717, 1.165) is 41.5 Å². The lowest BCUT2D eigenvalue weighted by Gasteiger charge is -2.15. The monoisotopic (exact) mass is 376 g/mol. The highest BCUT2D eigenvalue weighted by Crippen LogP contribution is 2.24. The fraction of sp³-hybridized carbons (Fsp3) is 0.273. The van der Waals surface area contributed by atoms with Crippen LogP contribution in [0.4, 0.5) is 23.1 Å². The van der Waals surface area contributed by atoms with E-state index in [4.69, 9.17) is 4.98 Å². The summed E-state index contributed by atoms with van der Waals surface area (Å²) in [5.74, 6) is 1.38. The van der Waals surface area contributed by atoms with Crippen LogP contribution in [0.25, 0.3) is 11.3 Å². The lowest BCUT2D eigenvalue weighted by molar-refractivity contribution is 0.425. The predicted octanol–water partition coefficient (Wildman–Crippen LogP) is 3.93. The van der Waals surface area contributed by atoms with Crippen LogP contribution < -0.4 is 15.5 Å². The van der Waals surface area contributed by atoms with Gasteiger partial charge in [0.05, 0.1) is 5.69 Å². The molecule has 3 rings (SSSR count). The largest absolute Gasteiger partial charge is 0.378 e. The van der Waals surface area contributed by atoms with Crippen molar-refractivity contribution in [3.63, 3.8) is 0 Å². The molecule has 0 spiro atoms. The second kappa shape index (κ2) is 9.19. The van der Waals surface area contributed by atoms with E-state index in [2.05, 4.69) is 61.8 Å². The molecule has 0 radical (unpaired) electrons. The number of benzene rings is 2. The van der Waals surface area contributed by atoms with Gasteiger partial charge < -0.3 is 20.4 Å². The third kappa shape index (κ3) is 5.44. The van der Waals surface area contributed by atoms with Crippen molar-refractivity contribution >= 4 is 23.1 Å². The molecule has 0 atom stereocenters. The van der Waals surface area contributed by atoms with Crippen molar-refractivity contribution in [3.8, 4) is 11.3 Å². The minimum atomic E-state index is 0.621. The van der Waals surface area contributed by atoms with Crippen molar-refractivity contribution in [2.24, 2.45) is 0 Å². The number of rotatable bonds is 8. The maximum Gasteiger partial charge on any atom is 0.225 e. The van der Waals surface area contributed by atoms with E-state index < -0.39 is 0 Å². The number of aromatic nitrogens is 2. The summed E-state index contributed by atoms with van der Waals surface area (Å²) < 4.78 is 0. The topological polar surface area (TPSA) is 56.3 Å². The zero-order chi connectivity index (χ0) is 19.9. The molecule has 0 aliphatic heterocycles. The van der Waals surface area contributed by atoms with Crippen molar-refractivity contribution < 1.29 is 0 Å². The van der Waals surface area contributed by atoms with Crippen LogP contribution in [-0.2, 0) is 0 Å². The van der Waals surface area contributed by atoms with Crippen LogP contribution in [0.1, 0.15) is 0 Å². The molecular formula is C22H28N6. The molecular weight excluding hydrogens is 348 g/mol. The maximum absolute atomic E-state index is 4.69. The lowest BCUT2D eigenvalue weighted by atomic mass is 10.1. The first kappa shape index (κ1) is 19.6. The minimum absolute atomic E-state index is 0.621. The molecule has 0 saturated carbocycles. The van der Waals surface area contributed by atoms with E-state index in [1.165, 1.54) is 0 Å². The highest BCUT2D eigenvalue weighted by molar-refractivity contribution is 5.68.